The third kappa shape index (κ3) is 4.55. The first kappa shape index (κ1) is 35.7. The molecule has 4 aliphatic heterocycles. The molecule has 0 saturated heterocycles. The lowest BCUT2D eigenvalue weighted by molar-refractivity contribution is 0.489. The lowest BCUT2D eigenvalue weighted by Gasteiger charge is -2.46. The van der Waals surface area contributed by atoms with Crippen LogP contribution < -0.4 is 52.2 Å². The van der Waals surface area contributed by atoms with Crippen LogP contribution in [0.25, 0.3) is 38.1 Å². The number of anilines is 9. The number of para-hydroxylation sites is 6. The highest BCUT2D eigenvalue weighted by Crippen LogP contribution is 2.50. The van der Waals surface area contributed by atoms with E-state index in [0.717, 1.165) is 45.6 Å². The molecule has 0 unspecified atom stereocenters. The van der Waals surface area contributed by atoms with E-state index in [0.29, 0.717) is 0 Å². The second-order valence-electron chi connectivity index (χ2n) is 18.3. The van der Waals surface area contributed by atoms with Gasteiger partial charge in [-0.2, -0.15) is 0 Å². The monoisotopic (exact) mass is 850 g/mol. The molecular formula is C60H36B2N4O. The van der Waals surface area contributed by atoms with Crippen molar-refractivity contribution < 1.29 is 4.74 Å². The Morgan fingerprint density at radius 2 is 0.866 bits per heavy atom. The van der Waals surface area contributed by atoms with Crippen LogP contribution in [0.15, 0.2) is 218 Å². The third-order valence-electron chi connectivity index (χ3n) is 15.1. The van der Waals surface area contributed by atoms with Crippen molar-refractivity contribution in [2.45, 2.75) is 0 Å². The van der Waals surface area contributed by atoms with E-state index in [-0.39, 0.29) is 13.4 Å². The molecule has 5 nitrogen and oxygen atoms in total. The van der Waals surface area contributed by atoms with Crippen LogP contribution in [0, 0.1) is 0 Å². The first-order valence-electron chi connectivity index (χ1n) is 23.3. The zero-order valence-corrected chi connectivity index (χ0v) is 36.1. The largest absolute Gasteiger partial charge is 0.456 e. The van der Waals surface area contributed by atoms with Crippen LogP contribution in [-0.2, 0) is 0 Å². The van der Waals surface area contributed by atoms with Crippen LogP contribution in [-0.4, -0.2) is 17.8 Å². The lowest BCUT2D eigenvalue weighted by atomic mass is 9.31. The van der Waals surface area contributed by atoms with Crippen LogP contribution >= 0.6 is 0 Å². The Morgan fingerprint density at radius 3 is 1.63 bits per heavy atom. The molecule has 0 N–H and O–H groups in total. The Morgan fingerprint density at radius 1 is 0.328 bits per heavy atom. The van der Waals surface area contributed by atoms with Gasteiger partial charge in [0.25, 0.3) is 13.4 Å². The average molecular weight is 851 g/mol. The molecule has 10 aromatic carbocycles. The third-order valence-corrected chi connectivity index (χ3v) is 15.1. The number of benzene rings is 10. The summed E-state index contributed by atoms with van der Waals surface area (Å²) in [6.07, 6.45) is 0. The van der Waals surface area contributed by atoms with Crippen LogP contribution in [0.5, 0.6) is 11.5 Å². The molecule has 0 fully saturated rings. The fraction of sp³-hybridized carbons (Fsp3) is 0. The maximum atomic E-state index is 7.51. The van der Waals surface area contributed by atoms with Crippen molar-refractivity contribution in [3.05, 3.63) is 218 Å². The molecule has 7 heteroatoms. The molecule has 2 aromatic heterocycles. The number of ether oxygens (including phenoxy) is 1. The molecule has 0 spiro atoms. The molecule has 0 radical (unpaired) electrons. The van der Waals surface area contributed by atoms with Crippen LogP contribution in [0.3, 0.4) is 0 Å². The van der Waals surface area contributed by atoms with Gasteiger partial charge < -0.3 is 23.8 Å². The van der Waals surface area contributed by atoms with Crippen molar-refractivity contribution >= 4 is 135 Å². The van der Waals surface area contributed by atoms with E-state index in [2.05, 4.69) is 237 Å². The van der Waals surface area contributed by atoms with Gasteiger partial charge in [-0.25, -0.2) is 0 Å². The number of nitrogens with zero attached hydrogens (tertiary/aromatic N) is 4. The van der Waals surface area contributed by atoms with Gasteiger partial charge in [0, 0.05) is 67.0 Å². The Bertz CT molecular complexity index is 4060. The van der Waals surface area contributed by atoms with Gasteiger partial charge in [-0.1, -0.05) is 140 Å². The van der Waals surface area contributed by atoms with Gasteiger partial charge in [0.15, 0.2) is 0 Å². The maximum absolute atomic E-state index is 7.51. The summed E-state index contributed by atoms with van der Waals surface area (Å²) in [5.41, 5.74) is 21.5. The fourth-order valence-electron chi connectivity index (χ4n) is 12.6. The number of rotatable bonds is 3. The zero-order valence-electron chi connectivity index (χ0n) is 36.1. The molecule has 4 aliphatic rings. The van der Waals surface area contributed by atoms with E-state index < -0.39 is 0 Å². The number of hydrogen-bond acceptors (Lipinski definition) is 4. The van der Waals surface area contributed by atoms with Crippen molar-refractivity contribution in [2.24, 2.45) is 0 Å². The molecular weight excluding hydrogens is 814 g/mol. The predicted octanol–water partition coefficient (Wildman–Crippen LogP) is 11.3. The summed E-state index contributed by atoms with van der Waals surface area (Å²) in [6, 6.07) is 80.5. The van der Waals surface area contributed by atoms with Gasteiger partial charge in [-0.05, 0) is 112 Å². The molecule has 0 atom stereocenters. The minimum atomic E-state index is -0.0915. The van der Waals surface area contributed by atoms with Gasteiger partial charge in [-0.3, -0.25) is 0 Å². The summed E-state index contributed by atoms with van der Waals surface area (Å²) >= 11 is 0. The van der Waals surface area contributed by atoms with Crippen molar-refractivity contribution in [3.8, 4) is 11.5 Å². The molecule has 0 aliphatic carbocycles. The van der Waals surface area contributed by atoms with E-state index in [9.17, 15) is 0 Å². The molecule has 308 valence electrons. The van der Waals surface area contributed by atoms with Crippen molar-refractivity contribution in [3.63, 3.8) is 0 Å². The normalized spacial score (nSPS) is 13.9. The topological polar surface area (TPSA) is 23.4 Å². The van der Waals surface area contributed by atoms with Crippen molar-refractivity contribution in [1.82, 2.24) is 4.40 Å². The lowest BCUT2D eigenvalue weighted by Crippen LogP contribution is -2.63. The number of aromatic nitrogens is 1. The standard InChI is InChI=1S/C60H36B2N4O/c1-4-17-37(18-5-1)63-49-28-13-11-26-44(49)61-46-34-33-45-59(60(46)67-55-32-16-31-52(63)57(55)61)65(39-21-8-3-9-22-39)51-30-15-29-50-56(51)62(45)47-35-43-42-25-14-24-41-40-23-10-12-27-48(40)66(58(41)42)53(43)36-54(47)64(50)38-19-6-2-7-20-38/h1-36H. The van der Waals surface area contributed by atoms with Gasteiger partial charge in [0.2, 0.25) is 0 Å². The summed E-state index contributed by atoms with van der Waals surface area (Å²) in [5.74, 6) is 1.81. The summed E-state index contributed by atoms with van der Waals surface area (Å²) in [7, 11) is 0. The smallest absolute Gasteiger partial charge is 0.256 e. The molecule has 12 aromatic rings. The van der Waals surface area contributed by atoms with Gasteiger partial charge in [0.05, 0.1) is 22.2 Å². The molecule has 0 bridgehead atoms. The van der Waals surface area contributed by atoms with Gasteiger partial charge in [-0.15, -0.1) is 0 Å². The molecule has 0 saturated carbocycles. The Labute approximate surface area is 387 Å². The van der Waals surface area contributed by atoms with Crippen LogP contribution in [0.1, 0.15) is 0 Å². The SMILES string of the molecule is c1ccc(N2c3ccccc3B3c4ccc5c(c4Oc4cccc2c43)N(c2ccccc2)c2cccc3c2B5c2cc4c5cccc6c7ccccc7n(c4cc2N3c2ccccc2)c65)cc1. The predicted molar refractivity (Wildman–Crippen MR) is 281 cm³/mol. The Hall–Kier alpha value is -8.67. The zero-order chi connectivity index (χ0) is 43.5. The van der Waals surface area contributed by atoms with Gasteiger partial charge >= 0.3 is 0 Å². The Balaban J connectivity index is 1.01. The molecule has 0 amide bonds. The maximum Gasteiger partial charge on any atom is 0.256 e. The summed E-state index contributed by atoms with van der Waals surface area (Å²) in [6.45, 7) is -0.131. The van der Waals surface area contributed by atoms with Crippen molar-refractivity contribution in [1.29, 1.82) is 0 Å². The highest BCUT2D eigenvalue weighted by atomic mass is 16.5. The second-order valence-corrected chi connectivity index (χ2v) is 18.3. The summed E-state index contributed by atoms with van der Waals surface area (Å²) in [5, 5.41) is 5.12. The Kier molecular flexibility index (Phi) is 6.91. The summed E-state index contributed by atoms with van der Waals surface area (Å²) in [4.78, 5) is 7.40. The minimum Gasteiger partial charge on any atom is -0.456 e. The second kappa shape index (κ2) is 13.0. The number of hydrogen-bond donors (Lipinski definition) is 0. The van der Waals surface area contributed by atoms with E-state index in [1.165, 1.54) is 87.9 Å². The van der Waals surface area contributed by atoms with Gasteiger partial charge in [0.1, 0.15) is 11.5 Å². The fourth-order valence-corrected chi connectivity index (χ4v) is 12.6. The average Bonchev–Trinajstić information content (AvgIpc) is 3.91. The van der Waals surface area contributed by atoms with E-state index >= 15 is 0 Å². The highest BCUT2D eigenvalue weighted by Gasteiger charge is 2.48. The minimum absolute atomic E-state index is 0.0395. The quantitative estimate of drug-likeness (QED) is 0.165. The first-order valence-corrected chi connectivity index (χ1v) is 23.3. The van der Waals surface area contributed by atoms with E-state index in [4.69, 9.17) is 4.74 Å². The molecule has 67 heavy (non-hydrogen) atoms. The van der Waals surface area contributed by atoms with E-state index in [1.807, 2.05) is 0 Å². The summed E-state index contributed by atoms with van der Waals surface area (Å²) < 4.78 is 10.0. The van der Waals surface area contributed by atoms with Crippen LogP contribution in [0.2, 0.25) is 0 Å². The highest BCUT2D eigenvalue weighted by molar-refractivity contribution is 7.02. The molecule has 6 heterocycles. The van der Waals surface area contributed by atoms with Crippen LogP contribution in [0.4, 0.5) is 51.2 Å². The van der Waals surface area contributed by atoms with E-state index in [1.54, 1.807) is 0 Å². The first-order chi connectivity index (χ1) is 33.3. The molecule has 16 rings (SSSR count). The number of fused-ring (bicyclic) bond motifs is 15. The van der Waals surface area contributed by atoms with Crippen molar-refractivity contribution in [2.75, 3.05) is 14.7 Å².